The maximum Gasteiger partial charge on any atom is 0.419 e. The van der Waals surface area contributed by atoms with Crippen LogP contribution in [-0.2, 0) is 4.74 Å². The van der Waals surface area contributed by atoms with Crippen molar-refractivity contribution in [2.75, 3.05) is 17.3 Å². The van der Waals surface area contributed by atoms with Gasteiger partial charge in [-0.25, -0.2) is 9.59 Å². The molecule has 0 unspecified atom stereocenters. The number of hydrogen-bond donors (Lipinski definition) is 1. The average molecular weight is 342 g/mol. The highest BCUT2D eigenvalue weighted by atomic mass is 16.6. The van der Waals surface area contributed by atoms with Crippen LogP contribution in [0, 0.1) is 6.92 Å². The number of nitrogens with one attached hydrogen (secondary N) is 1. The van der Waals surface area contributed by atoms with Crippen LogP contribution in [-0.4, -0.2) is 25.3 Å². The molecule has 25 heavy (non-hydrogen) atoms. The molecule has 0 aliphatic rings. The maximum atomic E-state index is 12.3. The van der Waals surface area contributed by atoms with Crippen LogP contribution in [0.2, 0.25) is 0 Å². The monoisotopic (exact) mass is 342 g/mol. The Morgan fingerprint density at radius 1 is 1.08 bits per heavy atom. The second-order valence-corrected chi connectivity index (χ2v) is 5.87. The summed E-state index contributed by atoms with van der Waals surface area (Å²) in [5.41, 5.74) is 2.26. The lowest BCUT2D eigenvalue weighted by Crippen LogP contribution is -2.29. The van der Waals surface area contributed by atoms with Crippen molar-refractivity contribution in [3.8, 4) is 5.75 Å². The van der Waals surface area contributed by atoms with Gasteiger partial charge in [-0.15, -0.1) is 0 Å². The SMILES string of the molecule is Cc1cccc(N(C)C(=O)Oc2cccc(NC(=O)OC(C)C)c2)c1. The van der Waals surface area contributed by atoms with E-state index in [1.54, 1.807) is 45.2 Å². The van der Waals surface area contributed by atoms with E-state index in [1.165, 1.54) is 4.90 Å². The Kier molecular flexibility index (Phi) is 6.00. The number of amides is 2. The highest BCUT2D eigenvalue weighted by molar-refractivity contribution is 5.89. The fourth-order valence-electron chi connectivity index (χ4n) is 2.11. The van der Waals surface area contributed by atoms with E-state index in [0.29, 0.717) is 11.4 Å². The van der Waals surface area contributed by atoms with Gasteiger partial charge in [0.1, 0.15) is 5.75 Å². The Morgan fingerprint density at radius 3 is 2.48 bits per heavy atom. The second-order valence-electron chi connectivity index (χ2n) is 5.87. The molecule has 0 heterocycles. The number of aryl methyl sites for hydroxylation is 1. The molecule has 0 radical (unpaired) electrons. The lowest BCUT2D eigenvalue weighted by atomic mass is 10.2. The number of carbonyl (C=O) groups is 2. The number of rotatable bonds is 4. The summed E-state index contributed by atoms with van der Waals surface area (Å²) in [5, 5.41) is 2.59. The van der Waals surface area contributed by atoms with Gasteiger partial charge < -0.3 is 9.47 Å². The molecule has 2 rings (SSSR count). The summed E-state index contributed by atoms with van der Waals surface area (Å²) in [6.45, 7) is 5.48. The van der Waals surface area contributed by atoms with Crippen LogP contribution >= 0.6 is 0 Å². The Bertz CT molecular complexity index is 759. The fourth-order valence-corrected chi connectivity index (χ4v) is 2.11. The predicted octanol–water partition coefficient (Wildman–Crippen LogP) is 4.59. The quantitative estimate of drug-likeness (QED) is 0.882. The Balaban J connectivity index is 2.03. The van der Waals surface area contributed by atoms with Crippen LogP contribution in [0.3, 0.4) is 0 Å². The number of benzene rings is 2. The van der Waals surface area contributed by atoms with E-state index in [4.69, 9.17) is 9.47 Å². The number of hydrogen-bond acceptors (Lipinski definition) is 4. The first-order valence-electron chi connectivity index (χ1n) is 7.95. The summed E-state index contributed by atoms with van der Waals surface area (Å²) in [6, 6.07) is 14.1. The van der Waals surface area contributed by atoms with E-state index in [9.17, 15) is 9.59 Å². The summed E-state index contributed by atoms with van der Waals surface area (Å²) in [7, 11) is 1.64. The van der Waals surface area contributed by atoms with Gasteiger partial charge in [0.25, 0.3) is 0 Å². The van der Waals surface area contributed by atoms with Crippen LogP contribution in [0.5, 0.6) is 5.75 Å². The van der Waals surface area contributed by atoms with E-state index in [0.717, 1.165) is 11.3 Å². The summed E-state index contributed by atoms with van der Waals surface area (Å²) >= 11 is 0. The van der Waals surface area contributed by atoms with Crippen molar-refractivity contribution in [2.45, 2.75) is 26.9 Å². The molecule has 1 N–H and O–H groups in total. The molecule has 6 nitrogen and oxygen atoms in total. The number of anilines is 2. The summed E-state index contributed by atoms with van der Waals surface area (Å²) in [5.74, 6) is 0.326. The second kappa shape index (κ2) is 8.19. The standard InChI is InChI=1S/C19H22N2O4/c1-13(2)24-18(22)20-15-8-6-10-17(12-15)25-19(23)21(4)16-9-5-7-14(3)11-16/h5-13H,1-4H3,(H,20,22). The lowest BCUT2D eigenvalue weighted by molar-refractivity contribution is 0.130. The third-order valence-electron chi connectivity index (χ3n) is 3.29. The number of carbonyl (C=O) groups excluding carboxylic acids is 2. The Morgan fingerprint density at radius 2 is 1.80 bits per heavy atom. The summed E-state index contributed by atoms with van der Waals surface area (Å²) < 4.78 is 10.4. The molecular weight excluding hydrogens is 320 g/mol. The van der Waals surface area contributed by atoms with Crippen LogP contribution in [0.4, 0.5) is 21.0 Å². The van der Waals surface area contributed by atoms with Gasteiger partial charge in [0.15, 0.2) is 0 Å². The molecule has 0 atom stereocenters. The molecule has 2 amide bonds. The van der Waals surface area contributed by atoms with Gasteiger partial charge in [-0.2, -0.15) is 0 Å². The van der Waals surface area contributed by atoms with Crippen LogP contribution in [0.25, 0.3) is 0 Å². The topological polar surface area (TPSA) is 67.9 Å². The molecule has 2 aromatic rings. The van der Waals surface area contributed by atoms with Gasteiger partial charge in [-0.05, 0) is 50.6 Å². The summed E-state index contributed by atoms with van der Waals surface area (Å²) in [4.78, 5) is 25.3. The largest absolute Gasteiger partial charge is 0.447 e. The molecule has 0 aromatic heterocycles. The smallest absolute Gasteiger partial charge is 0.419 e. The third kappa shape index (κ3) is 5.53. The molecule has 0 aliphatic carbocycles. The van der Waals surface area contributed by atoms with Crippen LogP contribution in [0.1, 0.15) is 19.4 Å². The minimum absolute atomic E-state index is 0.219. The molecule has 0 saturated heterocycles. The minimum Gasteiger partial charge on any atom is -0.447 e. The molecule has 132 valence electrons. The molecule has 0 saturated carbocycles. The fraction of sp³-hybridized carbons (Fsp3) is 0.263. The Hall–Kier alpha value is -3.02. The zero-order chi connectivity index (χ0) is 18.4. The van der Waals surface area contributed by atoms with Gasteiger partial charge in [-0.3, -0.25) is 10.2 Å². The molecule has 0 fully saturated rings. The van der Waals surface area contributed by atoms with E-state index in [-0.39, 0.29) is 6.10 Å². The van der Waals surface area contributed by atoms with E-state index >= 15 is 0 Å². The lowest BCUT2D eigenvalue weighted by Gasteiger charge is -2.17. The highest BCUT2D eigenvalue weighted by Crippen LogP contribution is 2.20. The van der Waals surface area contributed by atoms with Crippen molar-refractivity contribution in [3.63, 3.8) is 0 Å². The van der Waals surface area contributed by atoms with Crippen molar-refractivity contribution in [1.82, 2.24) is 0 Å². The van der Waals surface area contributed by atoms with Gasteiger partial charge >= 0.3 is 12.2 Å². The first kappa shape index (κ1) is 18.3. The zero-order valence-corrected chi connectivity index (χ0v) is 14.8. The Labute approximate surface area is 147 Å². The number of nitrogens with zero attached hydrogens (tertiary/aromatic N) is 1. The van der Waals surface area contributed by atoms with Crippen LogP contribution in [0.15, 0.2) is 48.5 Å². The van der Waals surface area contributed by atoms with Crippen molar-refractivity contribution in [1.29, 1.82) is 0 Å². The summed E-state index contributed by atoms with van der Waals surface area (Å²) in [6.07, 6.45) is -1.30. The normalized spacial score (nSPS) is 10.3. The number of ether oxygens (including phenoxy) is 2. The van der Waals surface area contributed by atoms with Crippen molar-refractivity contribution in [2.24, 2.45) is 0 Å². The van der Waals surface area contributed by atoms with Gasteiger partial charge in [0.05, 0.1) is 6.10 Å². The molecule has 2 aromatic carbocycles. The van der Waals surface area contributed by atoms with E-state index in [1.807, 2.05) is 31.2 Å². The first-order chi connectivity index (χ1) is 11.8. The molecule has 0 spiro atoms. The van der Waals surface area contributed by atoms with Gasteiger partial charge in [-0.1, -0.05) is 18.2 Å². The zero-order valence-electron chi connectivity index (χ0n) is 14.8. The van der Waals surface area contributed by atoms with Crippen LogP contribution < -0.4 is 15.0 Å². The first-order valence-corrected chi connectivity index (χ1v) is 7.95. The molecule has 0 aliphatic heterocycles. The van der Waals surface area contributed by atoms with Crippen molar-refractivity contribution in [3.05, 3.63) is 54.1 Å². The van der Waals surface area contributed by atoms with Gasteiger partial charge in [0, 0.05) is 24.5 Å². The minimum atomic E-state index is -0.560. The van der Waals surface area contributed by atoms with Gasteiger partial charge in [0.2, 0.25) is 0 Å². The highest BCUT2D eigenvalue weighted by Gasteiger charge is 2.14. The average Bonchev–Trinajstić information content (AvgIpc) is 2.53. The van der Waals surface area contributed by atoms with E-state index in [2.05, 4.69) is 5.32 Å². The van der Waals surface area contributed by atoms with Crippen molar-refractivity contribution < 1.29 is 19.1 Å². The molecule has 6 heteroatoms. The maximum absolute atomic E-state index is 12.3. The molecular formula is C19H22N2O4. The predicted molar refractivity (Wildman–Crippen MR) is 97.3 cm³/mol. The van der Waals surface area contributed by atoms with E-state index < -0.39 is 12.2 Å². The molecule has 0 bridgehead atoms. The van der Waals surface area contributed by atoms with Crippen molar-refractivity contribution >= 4 is 23.6 Å². The third-order valence-corrected chi connectivity index (χ3v) is 3.29.